The van der Waals surface area contributed by atoms with Crippen LogP contribution >= 0.6 is 15.9 Å². The predicted octanol–water partition coefficient (Wildman–Crippen LogP) is 2.50. The molecule has 0 unspecified atom stereocenters. The smallest absolute Gasteiger partial charge is 0.231 e. The van der Waals surface area contributed by atoms with Gasteiger partial charge in [-0.25, -0.2) is 0 Å². The molecule has 0 radical (unpaired) electrons. The quantitative estimate of drug-likeness (QED) is 0.723. The van der Waals surface area contributed by atoms with Gasteiger partial charge in [0.15, 0.2) is 0 Å². The van der Waals surface area contributed by atoms with Gasteiger partial charge in [-0.15, -0.1) is 0 Å². The monoisotopic (exact) mass is 225 g/mol. The minimum Gasteiger partial charge on any atom is -0.325 e. The Labute approximate surface area is 79.1 Å². The molecule has 12 heavy (non-hydrogen) atoms. The van der Waals surface area contributed by atoms with E-state index in [9.17, 15) is 4.79 Å². The first-order chi connectivity index (χ1) is 5.68. The largest absolute Gasteiger partial charge is 0.325 e. The molecule has 0 saturated carbocycles. The Morgan fingerprint density at radius 3 is 3.00 bits per heavy atom. The number of amides is 1. The van der Waals surface area contributed by atoms with Crippen molar-refractivity contribution in [3.05, 3.63) is 28.2 Å². The third-order valence-electron chi connectivity index (χ3n) is 2.13. The number of hydrogen-bond acceptors (Lipinski definition) is 1. The van der Waals surface area contributed by atoms with Crippen molar-refractivity contribution in [2.75, 3.05) is 5.32 Å². The van der Waals surface area contributed by atoms with Crippen molar-refractivity contribution in [1.29, 1.82) is 0 Å². The molecular formula is C9H8BrNO. The number of anilines is 1. The van der Waals surface area contributed by atoms with Crippen molar-refractivity contribution in [1.82, 2.24) is 0 Å². The van der Waals surface area contributed by atoms with Gasteiger partial charge >= 0.3 is 0 Å². The highest BCUT2D eigenvalue weighted by Crippen LogP contribution is 2.33. The topological polar surface area (TPSA) is 29.1 Å². The summed E-state index contributed by atoms with van der Waals surface area (Å²) in [6, 6.07) is 5.86. The van der Waals surface area contributed by atoms with Crippen LogP contribution in [0.1, 0.15) is 18.4 Å². The second-order valence-corrected chi connectivity index (χ2v) is 3.86. The molecule has 2 rings (SSSR count). The Morgan fingerprint density at radius 2 is 2.25 bits per heavy atom. The molecular weight excluding hydrogens is 218 g/mol. The summed E-state index contributed by atoms with van der Waals surface area (Å²) in [6.45, 7) is 1.91. The van der Waals surface area contributed by atoms with Crippen molar-refractivity contribution in [2.24, 2.45) is 0 Å². The van der Waals surface area contributed by atoms with Crippen LogP contribution in [0.5, 0.6) is 0 Å². The Kier molecular flexibility index (Phi) is 1.68. The summed E-state index contributed by atoms with van der Waals surface area (Å²) in [5.41, 5.74) is 2.02. The SMILES string of the molecule is C[C@@H]1C(=O)Nc2cc(Br)ccc21. The summed E-state index contributed by atoms with van der Waals surface area (Å²) in [5, 5.41) is 2.82. The van der Waals surface area contributed by atoms with Crippen LogP contribution in [0.3, 0.4) is 0 Å². The van der Waals surface area contributed by atoms with Gasteiger partial charge in [-0.2, -0.15) is 0 Å². The van der Waals surface area contributed by atoms with Gasteiger partial charge in [-0.3, -0.25) is 4.79 Å². The molecule has 1 aliphatic heterocycles. The zero-order valence-corrected chi connectivity index (χ0v) is 8.18. The van der Waals surface area contributed by atoms with Gasteiger partial charge in [0, 0.05) is 10.2 Å². The van der Waals surface area contributed by atoms with Crippen LogP contribution in [0.2, 0.25) is 0 Å². The number of benzene rings is 1. The van der Waals surface area contributed by atoms with E-state index in [0.29, 0.717) is 0 Å². The zero-order chi connectivity index (χ0) is 8.72. The minimum absolute atomic E-state index is 0.00639. The summed E-state index contributed by atoms with van der Waals surface area (Å²) in [7, 11) is 0. The molecule has 1 atom stereocenters. The Balaban J connectivity index is 2.54. The van der Waals surface area contributed by atoms with Crippen LogP contribution in [0.4, 0.5) is 5.69 Å². The van der Waals surface area contributed by atoms with E-state index in [1.807, 2.05) is 25.1 Å². The van der Waals surface area contributed by atoms with Crippen LogP contribution in [0.25, 0.3) is 0 Å². The van der Waals surface area contributed by atoms with Crippen molar-refractivity contribution in [2.45, 2.75) is 12.8 Å². The lowest BCUT2D eigenvalue weighted by atomic mass is 10.0. The number of hydrogen-bond donors (Lipinski definition) is 1. The fraction of sp³-hybridized carbons (Fsp3) is 0.222. The van der Waals surface area contributed by atoms with Crippen molar-refractivity contribution in [3.63, 3.8) is 0 Å². The maximum Gasteiger partial charge on any atom is 0.231 e. The Bertz CT molecular complexity index is 348. The first kappa shape index (κ1) is 7.80. The third kappa shape index (κ3) is 1.05. The van der Waals surface area contributed by atoms with Crippen LogP contribution in [0, 0.1) is 0 Å². The van der Waals surface area contributed by atoms with Gasteiger partial charge < -0.3 is 5.32 Å². The third-order valence-corrected chi connectivity index (χ3v) is 2.63. The van der Waals surface area contributed by atoms with E-state index >= 15 is 0 Å². The normalized spacial score (nSPS) is 20.5. The second kappa shape index (κ2) is 2.59. The second-order valence-electron chi connectivity index (χ2n) is 2.94. The maximum atomic E-state index is 11.2. The molecule has 1 heterocycles. The highest BCUT2D eigenvalue weighted by atomic mass is 79.9. The van der Waals surface area contributed by atoms with Crippen molar-refractivity contribution >= 4 is 27.5 Å². The molecule has 62 valence electrons. The molecule has 0 saturated heterocycles. The zero-order valence-electron chi connectivity index (χ0n) is 6.60. The molecule has 1 aliphatic rings. The molecule has 0 bridgehead atoms. The van der Waals surface area contributed by atoms with E-state index in [1.54, 1.807) is 0 Å². The number of halogens is 1. The maximum absolute atomic E-state index is 11.2. The van der Waals surface area contributed by atoms with Gasteiger partial charge in [-0.05, 0) is 24.6 Å². The van der Waals surface area contributed by atoms with Gasteiger partial charge in [0.25, 0.3) is 0 Å². The number of rotatable bonds is 0. The first-order valence-corrected chi connectivity index (χ1v) is 4.58. The van der Waals surface area contributed by atoms with Crippen molar-refractivity contribution < 1.29 is 4.79 Å². The summed E-state index contributed by atoms with van der Waals surface area (Å²) < 4.78 is 0.996. The van der Waals surface area contributed by atoms with Crippen LogP contribution in [0.15, 0.2) is 22.7 Å². The molecule has 0 aromatic heterocycles. The average Bonchev–Trinajstić information content (AvgIpc) is 2.28. The van der Waals surface area contributed by atoms with E-state index in [-0.39, 0.29) is 11.8 Å². The van der Waals surface area contributed by atoms with Crippen LogP contribution < -0.4 is 5.32 Å². The summed E-state index contributed by atoms with van der Waals surface area (Å²) >= 11 is 3.35. The molecule has 1 N–H and O–H groups in total. The standard InChI is InChI=1S/C9H8BrNO/c1-5-7-3-2-6(10)4-8(7)11-9(5)12/h2-5H,1H3,(H,11,12)/t5-/m0/s1. The van der Waals surface area contributed by atoms with Gasteiger partial charge in [-0.1, -0.05) is 22.0 Å². The Morgan fingerprint density at radius 1 is 1.50 bits per heavy atom. The lowest BCUT2D eigenvalue weighted by Gasteiger charge is -1.99. The van der Waals surface area contributed by atoms with E-state index in [1.165, 1.54) is 0 Å². The molecule has 1 aromatic carbocycles. The molecule has 1 amide bonds. The Hall–Kier alpha value is -0.830. The molecule has 2 nitrogen and oxygen atoms in total. The highest BCUT2D eigenvalue weighted by molar-refractivity contribution is 9.10. The summed E-state index contributed by atoms with van der Waals surface area (Å²) in [6.07, 6.45) is 0. The number of carbonyl (C=O) groups is 1. The van der Waals surface area contributed by atoms with Gasteiger partial charge in [0.2, 0.25) is 5.91 Å². The number of carbonyl (C=O) groups excluding carboxylic acids is 1. The average molecular weight is 226 g/mol. The number of fused-ring (bicyclic) bond motifs is 1. The molecule has 0 aliphatic carbocycles. The fourth-order valence-electron chi connectivity index (χ4n) is 1.40. The summed E-state index contributed by atoms with van der Waals surface area (Å²) in [4.78, 5) is 11.2. The molecule has 1 aromatic rings. The first-order valence-electron chi connectivity index (χ1n) is 3.79. The predicted molar refractivity (Wildman–Crippen MR) is 51.2 cm³/mol. The van der Waals surface area contributed by atoms with Crippen LogP contribution in [-0.4, -0.2) is 5.91 Å². The lowest BCUT2D eigenvalue weighted by Crippen LogP contribution is -2.08. The minimum atomic E-state index is -0.00639. The highest BCUT2D eigenvalue weighted by Gasteiger charge is 2.25. The van der Waals surface area contributed by atoms with E-state index in [0.717, 1.165) is 15.7 Å². The summed E-state index contributed by atoms with van der Waals surface area (Å²) in [5.74, 6) is 0.0798. The molecule has 3 heteroatoms. The van der Waals surface area contributed by atoms with E-state index in [2.05, 4.69) is 21.2 Å². The fourth-order valence-corrected chi connectivity index (χ4v) is 1.76. The molecule has 0 spiro atoms. The van der Waals surface area contributed by atoms with E-state index < -0.39 is 0 Å². The van der Waals surface area contributed by atoms with Crippen LogP contribution in [-0.2, 0) is 4.79 Å². The van der Waals surface area contributed by atoms with Gasteiger partial charge in [0.05, 0.1) is 5.92 Å². The lowest BCUT2D eigenvalue weighted by molar-refractivity contribution is -0.116. The number of nitrogens with one attached hydrogen (secondary N) is 1. The van der Waals surface area contributed by atoms with Crippen molar-refractivity contribution in [3.8, 4) is 0 Å². The van der Waals surface area contributed by atoms with E-state index in [4.69, 9.17) is 0 Å². The van der Waals surface area contributed by atoms with Gasteiger partial charge in [0.1, 0.15) is 0 Å². The molecule has 0 fully saturated rings.